The van der Waals surface area contributed by atoms with Crippen LogP contribution in [0, 0.1) is 6.92 Å². The van der Waals surface area contributed by atoms with Gasteiger partial charge < -0.3 is 5.73 Å². The first-order chi connectivity index (χ1) is 7.20. The number of halogens is 1. The molecule has 1 aromatic carbocycles. The minimum atomic E-state index is 0.532. The molecule has 0 aliphatic heterocycles. The lowest BCUT2D eigenvalue weighted by Crippen LogP contribution is -1.92. The largest absolute Gasteiger partial charge is 0.326 e. The van der Waals surface area contributed by atoms with Crippen LogP contribution in [-0.4, -0.2) is 4.98 Å². The Morgan fingerprint density at radius 3 is 2.53 bits per heavy atom. The first-order valence-corrected chi connectivity index (χ1v) is 6.24. The van der Waals surface area contributed by atoms with Crippen LogP contribution in [0.5, 0.6) is 0 Å². The molecule has 78 valence electrons. The van der Waals surface area contributed by atoms with Crippen molar-refractivity contribution < 1.29 is 0 Å². The summed E-state index contributed by atoms with van der Waals surface area (Å²) in [6.07, 6.45) is 0. The maximum atomic E-state index is 5.61. The number of rotatable bonds is 2. The summed E-state index contributed by atoms with van der Waals surface area (Å²) in [6.45, 7) is 2.61. The third kappa shape index (κ3) is 2.27. The van der Waals surface area contributed by atoms with Gasteiger partial charge in [0, 0.05) is 12.1 Å². The number of nitrogens with zero attached hydrogens (tertiary/aromatic N) is 1. The van der Waals surface area contributed by atoms with Crippen LogP contribution in [0.1, 0.15) is 10.4 Å². The minimum absolute atomic E-state index is 0.532. The molecule has 0 saturated heterocycles. The third-order valence-electron chi connectivity index (χ3n) is 2.13. The van der Waals surface area contributed by atoms with E-state index in [4.69, 9.17) is 5.73 Å². The molecule has 0 aliphatic rings. The van der Waals surface area contributed by atoms with E-state index in [0.29, 0.717) is 6.54 Å². The molecule has 0 atom stereocenters. The lowest BCUT2D eigenvalue weighted by Gasteiger charge is -1.96. The smallest absolute Gasteiger partial charge is 0.124 e. The van der Waals surface area contributed by atoms with Gasteiger partial charge in [-0.15, -0.1) is 11.3 Å². The molecule has 0 fully saturated rings. The van der Waals surface area contributed by atoms with Gasteiger partial charge in [-0.05, 0) is 22.9 Å². The highest BCUT2D eigenvalue weighted by atomic mass is 79.9. The van der Waals surface area contributed by atoms with E-state index in [1.165, 1.54) is 5.56 Å². The predicted octanol–water partition coefficient (Wildman–Crippen LogP) is 3.34. The zero-order valence-corrected chi connectivity index (χ0v) is 10.7. The number of nitrogens with two attached hydrogens (primary N) is 1. The van der Waals surface area contributed by atoms with Gasteiger partial charge in [-0.2, -0.15) is 0 Å². The van der Waals surface area contributed by atoms with Gasteiger partial charge in [0.15, 0.2) is 0 Å². The molecule has 1 heterocycles. The molecule has 0 aliphatic carbocycles. The Labute approximate surface area is 101 Å². The van der Waals surface area contributed by atoms with Crippen LogP contribution >= 0.6 is 27.3 Å². The molecule has 2 aromatic rings. The average molecular weight is 283 g/mol. The molecule has 2 rings (SSSR count). The van der Waals surface area contributed by atoms with Gasteiger partial charge in [-0.3, -0.25) is 0 Å². The fourth-order valence-corrected chi connectivity index (χ4v) is 2.82. The monoisotopic (exact) mass is 282 g/mol. The molecule has 1 aromatic heterocycles. The number of aromatic nitrogens is 1. The first kappa shape index (κ1) is 10.8. The summed E-state index contributed by atoms with van der Waals surface area (Å²) in [5.74, 6) is 0. The Bertz CT molecular complexity index is 462. The van der Waals surface area contributed by atoms with E-state index in [9.17, 15) is 0 Å². The van der Waals surface area contributed by atoms with Crippen molar-refractivity contribution in [1.82, 2.24) is 4.98 Å². The molecule has 2 nitrogen and oxygen atoms in total. The maximum absolute atomic E-state index is 5.61. The summed E-state index contributed by atoms with van der Waals surface area (Å²) in [4.78, 5) is 5.53. The highest BCUT2D eigenvalue weighted by molar-refractivity contribution is 9.10. The topological polar surface area (TPSA) is 38.9 Å². The first-order valence-electron chi connectivity index (χ1n) is 4.63. The number of hydrogen-bond acceptors (Lipinski definition) is 3. The normalized spacial score (nSPS) is 10.6. The molecule has 0 saturated carbocycles. The Hall–Kier alpha value is -0.710. The highest BCUT2D eigenvalue weighted by Gasteiger charge is 2.08. The fourth-order valence-electron chi connectivity index (χ4n) is 1.28. The van der Waals surface area contributed by atoms with E-state index in [1.54, 1.807) is 11.3 Å². The Morgan fingerprint density at radius 2 is 2.00 bits per heavy atom. The van der Waals surface area contributed by atoms with E-state index in [1.807, 2.05) is 0 Å². The lowest BCUT2D eigenvalue weighted by atomic mass is 10.2. The van der Waals surface area contributed by atoms with E-state index in [2.05, 4.69) is 52.1 Å². The van der Waals surface area contributed by atoms with Crippen molar-refractivity contribution in [3.05, 3.63) is 39.3 Å². The predicted molar refractivity (Wildman–Crippen MR) is 67.9 cm³/mol. The van der Waals surface area contributed by atoms with Gasteiger partial charge in [0.2, 0.25) is 0 Å². The summed E-state index contributed by atoms with van der Waals surface area (Å²) >= 11 is 5.04. The van der Waals surface area contributed by atoms with Crippen molar-refractivity contribution in [2.24, 2.45) is 5.73 Å². The molecule has 0 unspecified atom stereocenters. The molecular formula is C11H11BrN2S. The quantitative estimate of drug-likeness (QED) is 0.918. The molecule has 2 N–H and O–H groups in total. The van der Waals surface area contributed by atoms with Gasteiger partial charge in [0.25, 0.3) is 0 Å². The zero-order chi connectivity index (χ0) is 10.8. The van der Waals surface area contributed by atoms with E-state index < -0.39 is 0 Å². The second-order valence-corrected chi connectivity index (χ2v) is 5.14. The Kier molecular flexibility index (Phi) is 3.19. The summed E-state index contributed by atoms with van der Waals surface area (Å²) < 4.78 is 0.866. The minimum Gasteiger partial charge on any atom is -0.326 e. The van der Waals surface area contributed by atoms with E-state index in [0.717, 1.165) is 20.1 Å². The van der Waals surface area contributed by atoms with Crippen LogP contribution in [0.2, 0.25) is 0 Å². The van der Waals surface area contributed by atoms with Crippen LogP contribution in [0.25, 0.3) is 10.6 Å². The molecular weight excluding hydrogens is 272 g/mol. The molecule has 0 radical (unpaired) electrons. The number of aryl methyl sites for hydroxylation is 1. The van der Waals surface area contributed by atoms with Crippen molar-refractivity contribution >= 4 is 27.3 Å². The standard InChI is InChI=1S/C11H11BrN2S/c1-7-2-4-8(5-3-7)11-14-10(12)9(6-13)15-11/h2-5H,6,13H2,1H3. The van der Waals surface area contributed by atoms with Crippen LogP contribution in [-0.2, 0) is 6.54 Å². The van der Waals surface area contributed by atoms with Gasteiger partial charge in [0.1, 0.15) is 9.61 Å². The van der Waals surface area contributed by atoms with Crippen LogP contribution in [0.4, 0.5) is 0 Å². The molecule has 0 spiro atoms. The molecule has 0 amide bonds. The van der Waals surface area contributed by atoms with E-state index in [-0.39, 0.29) is 0 Å². The summed E-state index contributed by atoms with van der Waals surface area (Å²) in [5.41, 5.74) is 8.01. The van der Waals surface area contributed by atoms with Gasteiger partial charge in [-0.25, -0.2) is 4.98 Å². The van der Waals surface area contributed by atoms with Crippen molar-refractivity contribution in [2.45, 2.75) is 13.5 Å². The van der Waals surface area contributed by atoms with Crippen molar-refractivity contribution in [3.8, 4) is 10.6 Å². The van der Waals surface area contributed by atoms with Crippen molar-refractivity contribution in [3.63, 3.8) is 0 Å². The fraction of sp³-hybridized carbons (Fsp3) is 0.182. The number of thiazole rings is 1. The van der Waals surface area contributed by atoms with Crippen LogP contribution < -0.4 is 5.73 Å². The van der Waals surface area contributed by atoms with Gasteiger partial charge in [0.05, 0.1) is 4.88 Å². The molecule has 0 bridgehead atoms. The summed E-state index contributed by atoms with van der Waals surface area (Å²) in [5, 5.41) is 1.02. The molecule has 4 heteroatoms. The van der Waals surface area contributed by atoms with Crippen LogP contribution in [0.15, 0.2) is 28.9 Å². The highest BCUT2D eigenvalue weighted by Crippen LogP contribution is 2.30. The second-order valence-electron chi connectivity index (χ2n) is 3.30. The number of benzene rings is 1. The lowest BCUT2D eigenvalue weighted by molar-refractivity contribution is 1.08. The maximum Gasteiger partial charge on any atom is 0.124 e. The Morgan fingerprint density at radius 1 is 1.33 bits per heavy atom. The van der Waals surface area contributed by atoms with Gasteiger partial charge >= 0.3 is 0 Å². The summed E-state index contributed by atoms with van der Waals surface area (Å²) in [7, 11) is 0. The van der Waals surface area contributed by atoms with Gasteiger partial charge in [-0.1, -0.05) is 29.8 Å². The van der Waals surface area contributed by atoms with Crippen molar-refractivity contribution in [1.29, 1.82) is 0 Å². The summed E-state index contributed by atoms with van der Waals surface area (Å²) in [6, 6.07) is 8.35. The zero-order valence-electron chi connectivity index (χ0n) is 8.33. The van der Waals surface area contributed by atoms with E-state index >= 15 is 0 Å². The third-order valence-corrected chi connectivity index (χ3v) is 4.18. The van der Waals surface area contributed by atoms with Crippen molar-refractivity contribution in [2.75, 3.05) is 0 Å². The second kappa shape index (κ2) is 4.43. The Balaban J connectivity index is 2.41. The molecule has 15 heavy (non-hydrogen) atoms. The average Bonchev–Trinajstić information content (AvgIpc) is 2.61. The number of hydrogen-bond donors (Lipinski definition) is 1. The SMILES string of the molecule is Cc1ccc(-c2nc(Br)c(CN)s2)cc1. The van der Waals surface area contributed by atoms with Crippen LogP contribution in [0.3, 0.4) is 0 Å².